The number of rotatable bonds is 10. The molecule has 0 spiro atoms. The molecule has 1 aliphatic rings. The van der Waals surface area contributed by atoms with E-state index in [0.717, 1.165) is 61.2 Å². The Hall–Kier alpha value is -3.02. The lowest BCUT2D eigenvalue weighted by atomic mass is 9.93. The molecule has 0 saturated heterocycles. The highest BCUT2D eigenvalue weighted by molar-refractivity contribution is 5.80. The van der Waals surface area contributed by atoms with Crippen molar-refractivity contribution in [1.82, 2.24) is 14.5 Å². The summed E-state index contributed by atoms with van der Waals surface area (Å²) in [6.45, 7) is 5.16. The molecule has 1 aromatic heterocycles. The first kappa shape index (κ1) is 24.1. The molecule has 1 fully saturated rings. The molecular formula is C28H38N4O2. The number of anilines is 1. The van der Waals surface area contributed by atoms with Crippen molar-refractivity contribution < 1.29 is 9.53 Å². The molecule has 0 bridgehead atoms. The molecule has 1 amide bonds. The molecule has 1 aliphatic carbocycles. The number of imidazole rings is 1. The predicted octanol–water partition coefficient (Wildman–Crippen LogP) is 6.71. The van der Waals surface area contributed by atoms with Crippen LogP contribution in [-0.4, -0.2) is 32.9 Å². The fourth-order valence-corrected chi connectivity index (χ4v) is 5.26. The zero-order valence-corrected chi connectivity index (χ0v) is 20.6. The van der Waals surface area contributed by atoms with Gasteiger partial charge in [0.2, 0.25) is 11.9 Å². The summed E-state index contributed by atoms with van der Waals surface area (Å²) in [5.74, 6) is 2.31. The lowest BCUT2D eigenvalue weighted by Crippen LogP contribution is -2.42. The maximum Gasteiger partial charge on any atom is 0.222 e. The summed E-state index contributed by atoms with van der Waals surface area (Å²) in [5.41, 5.74) is 8.17. The van der Waals surface area contributed by atoms with Gasteiger partial charge in [-0.1, -0.05) is 51.3 Å². The van der Waals surface area contributed by atoms with Crippen LogP contribution in [0, 0.1) is 0 Å². The van der Waals surface area contributed by atoms with E-state index < -0.39 is 0 Å². The van der Waals surface area contributed by atoms with Crippen molar-refractivity contribution in [1.29, 1.82) is 0 Å². The number of fused-ring (bicyclic) bond motifs is 1. The third-order valence-electron chi connectivity index (χ3n) is 7.00. The Balaban J connectivity index is 1.51. The van der Waals surface area contributed by atoms with E-state index in [1.54, 1.807) is 0 Å². The number of carbonyl (C=O) groups is 1. The lowest BCUT2D eigenvalue weighted by Gasteiger charge is -2.34. The number of amides is 1. The summed E-state index contributed by atoms with van der Waals surface area (Å²) in [6.07, 6.45) is 9.23. The molecule has 3 aromatic rings. The molecule has 2 N–H and O–H groups in total. The van der Waals surface area contributed by atoms with Crippen LogP contribution >= 0.6 is 0 Å². The minimum absolute atomic E-state index is 0.107. The summed E-state index contributed by atoms with van der Waals surface area (Å²) >= 11 is 0. The fraction of sp³-hybridized carbons (Fsp3) is 0.500. The van der Waals surface area contributed by atoms with Gasteiger partial charge in [-0.2, -0.15) is 0 Å². The Morgan fingerprint density at radius 2 is 1.88 bits per heavy atom. The molecule has 0 radical (unpaired) electrons. The molecule has 34 heavy (non-hydrogen) atoms. The zero-order chi connectivity index (χ0) is 23.9. The van der Waals surface area contributed by atoms with Gasteiger partial charge in [-0.05, 0) is 56.4 Å². The monoisotopic (exact) mass is 462 g/mol. The predicted molar refractivity (Wildman–Crippen MR) is 138 cm³/mol. The number of nitrogens with two attached hydrogens (primary N) is 1. The van der Waals surface area contributed by atoms with Gasteiger partial charge in [-0.15, -0.1) is 0 Å². The van der Waals surface area contributed by atoms with Crippen molar-refractivity contribution in [3.05, 3.63) is 48.5 Å². The van der Waals surface area contributed by atoms with Crippen LogP contribution in [0.25, 0.3) is 11.0 Å². The van der Waals surface area contributed by atoms with Gasteiger partial charge in [0.15, 0.2) is 0 Å². The van der Waals surface area contributed by atoms with Crippen molar-refractivity contribution >= 4 is 22.9 Å². The van der Waals surface area contributed by atoms with Crippen molar-refractivity contribution in [3.63, 3.8) is 0 Å². The normalized spacial score (nSPS) is 15.4. The fourth-order valence-electron chi connectivity index (χ4n) is 5.26. The summed E-state index contributed by atoms with van der Waals surface area (Å²) in [6, 6.07) is 16.1. The van der Waals surface area contributed by atoms with E-state index in [1.807, 2.05) is 48.5 Å². The summed E-state index contributed by atoms with van der Waals surface area (Å²) < 4.78 is 8.13. The van der Waals surface area contributed by atoms with Crippen LogP contribution in [0.2, 0.25) is 0 Å². The second kappa shape index (κ2) is 11.4. The van der Waals surface area contributed by atoms with Crippen LogP contribution in [0.15, 0.2) is 48.5 Å². The van der Waals surface area contributed by atoms with Crippen LogP contribution < -0.4 is 10.5 Å². The minimum atomic E-state index is 0.107. The number of benzene rings is 2. The number of hydrogen-bond acceptors (Lipinski definition) is 4. The van der Waals surface area contributed by atoms with Crippen LogP contribution in [0.4, 0.5) is 5.95 Å². The average Bonchev–Trinajstić information content (AvgIpc) is 3.19. The molecule has 1 atom stereocenters. The maximum atomic E-state index is 13.3. The molecule has 6 heteroatoms. The van der Waals surface area contributed by atoms with E-state index in [1.165, 1.54) is 19.3 Å². The summed E-state index contributed by atoms with van der Waals surface area (Å²) in [5, 5.41) is 0. The summed E-state index contributed by atoms with van der Waals surface area (Å²) in [7, 11) is 0. The Labute approximate surface area is 203 Å². The van der Waals surface area contributed by atoms with E-state index in [-0.39, 0.29) is 11.9 Å². The minimum Gasteiger partial charge on any atom is -0.457 e. The number of nitrogens with zero attached hydrogens (tertiary/aromatic N) is 3. The van der Waals surface area contributed by atoms with Gasteiger partial charge in [0, 0.05) is 31.1 Å². The number of aromatic nitrogens is 2. The zero-order valence-electron chi connectivity index (χ0n) is 20.6. The first-order valence-corrected chi connectivity index (χ1v) is 12.9. The second-order valence-corrected chi connectivity index (χ2v) is 9.39. The second-order valence-electron chi connectivity index (χ2n) is 9.39. The van der Waals surface area contributed by atoms with E-state index in [0.29, 0.717) is 18.4 Å². The van der Waals surface area contributed by atoms with Crippen molar-refractivity contribution in [2.24, 2.45) is 0 Å². The van der Waals surface area contributed by atoms with Crippen LogP contribution in [0.5, 0.6) is 11.5 Å². The molecule has 4 rings (SSSR count). The number of nitrogen functional groups attached to an aromatic ring is 1. The molecule has 2 aromatic carbocycles. The van der Waals surface area contributed by atoms with Crippen LogP contribution in [0.1, 0.15) is 77.7 Å². The van der Waals surface area contributed by atoms with Gasteiger partial charge in [-0.3, -0.25) is 4.79 Å². The van der Waals surface area contributed by atoms with E-state index >= 15 is 0 Å². The number of hydrogen-bond donors (Lipinski definition) is 1. The lowest BCUT2D eigenvalue weighted by molar-refractivity contribution is -0.134. The molecule has 1 heterocycles. The van der Waals surface area contributed by atoms with E-state index in [2.05, 4.69) is 28.3 Å². The number of carbonyl (C=O) groups excluding carboxylic acids is 1. The third-order valence-corrected chi connectivity index (χ3v) is 7.00. The third kappa shape index (κ3) is 5.54. The molecule has 6 nitrogen and oxygen atoms in total. The van der Waals surface area contributed by atoms with Gasteiger partial charge in [0.05, 0.1) is 11.0 Å². The molecule has 1 unspecified atom stereocenters. The molecular weight excluding hydrogens is 424 g/mol. The van der Waals surface area contributed by atoms with Gasteiger partial charge >= 0.3 is 0 Å². The Kier molecular flexibility index (Phi) is 8.09. The Morgan fingerprint density at radius 1 is 1.12 bits per heavy atom. The van der Waals surface area contributed by atoms with Gasteiger partial charge < -0.3 is 19.9 Å². The maximum absolute atomic E-state index is 13.3. The van der Waals surface area contributed by atoms with Crippen molar-refractivity contribution in [3.8, 4) is 11.5 Å². The topological polar surface area (TPSA) is 73.4 Å². The highest BCUT2D eigenvalue weighted by atomic mass is 16.5. The highest BCUT2D eigenvalue weighted by Crippen LogP contribution is 2.32. The highest BCUT2D eigenvalue weighted by Gasteiger charge is 2.26. The average molecular weight is 463 g/mol. The van der Waals surface area contributed by atoms with Crippen LogP contribution in [-0.2, 0) is 4.79 Å². The largest absolute Gasteiger partial charge is 0.457 e. The smallest absolute Gasteiger partial charge is 0.222 e. The van der Waals surface area contributed by atoms with Crippen molar-refractivity contribution in [2.75, 3.05) is 12.3 Å². The van der Waals surface area contributed by atoms with E-state index in [4.69, 9.17) is 10.5 Å². The first-order valence-electron chi connectivity index (χ1n) is 12.9. The van der Waals surface area contributed by atoms with E-state index in [9.17, 15) is 4.79 Å². The quantitative estimate of drug-likeness (QED) is 0.363. The Morgan fingerprint density at radius 3 is 2.59 bits per heavy atom. The SMILES string of the molecule is CCCN(C(=O)CCC(CC)n1c(N)nc2ccc(Oc3ccccc3)cc21)C1CCCCC1. The number of para-hydroxylation sites is 1. The standard InChI is InChI=1S/C28H38N4O2/c1-3-19-31(22-11-7-5-8-12-22)27(33)18-15-21(4-2)32-26-20-24(16-17-25(26)30-28(32)29)34-23-13-9-6-10-14-23/h6,9-10,13-14,16-17,20-22H,3-5,7-8,11-12,15,18-19H2,1-2H3,(H2,29,30). The Bertz CT molecular complexity index is 1070. The molecule has 1 saturated carbocycles. The van der Waals surface area contributed by atoms with Gasteiger partial charge in [-0.25, -0.2) is 4.98 Å². The van der Waals surface area contributed by atoms with Gasteiger partial charge in [0.1, 0.15) is 11.5 Å². The van der Waals surface area contributed by atoms with Gasteiger partial charge in [0.25, 0.3) is 0 Å². The van der Waals surface area contributed by atoms with Crippen molar-refractivity contribution in [2.45, 2.75) is 83.7 Å². The first-order chi connectivity index (χ1) is 16.6. The van der Waals surface area contributed by atoms with Crippen LogP contribution in [0.3, 0.4) is 0 Å². The molecule has 182 valence electrons. The summed E-state index contributed by atoms with van der Waals surface area (Å²) in [4.78, 5) is 20.0. The molecule has 0 aliphatic heterocycles. The number of ether oxygens (including phenoxy) is 1.